The summed E-state index contributed by atoms with van der Waals surface area (Å²) in [5.41, 5.74) is 0. The van der Waals surface area contributed by atoms with Crippen LogP contribution < -0.4 is 0 Å². The van der Waals surface area contributed by atoms with Crippen LogP contribution in [-0.2, 0) is 4.74 Å². The second kappa shape index (κ2) is 10.2. The summed E-state index contributed by atoms with van der Waals surface area (Å²) in [6.07, 6.45) is 8.00. The van der Waals surface area contributed by atoms with Crippen molar-refractivity contribution >= 4 is 15.9 Å². The molecule has 1 heterocycles. The maximum atomic E-state index is 5.41. The Bertz CT molecular complexity index is 193. The predicted octanol–water partition coefficient (Wildman–Crippen LogP) is 4.08. The lowest BCUT2D eigenvalue weighted by Crippen LogP contribution is -2.33. The second-order valence-electron chi connectivity index (χ2n) is 5.72. The zero-order valence-corrected chi connectivity index (χ0v) is 13.8. The van der Waals surface area contributed by atoms with Gasteiger partial charge in [0.1, 0.15) is 0 Å². The second-order valence-corrected chi connectivity index (χ2v) is 6.52. The van der Waals surface area contributed by atoms with Gasteiger partial charge in [-0.3, -0.25) is 0 Å². The molecular formula is C15H30BrNO. The van der Waals surface area contributed by atoms with Crippen LogP contribution >= 0.6 is 15.9 Å². The number of alkyl halides is 1. The molecule has 0 aromatic carbocycles. The summed E-state index contributed by atoms with van der Waals surface area (Å²) in [4.78, 5) is 2.62. The third-order valence-corrected chi connectivity index (χ3v) is 4.52. The molecule has 1 saturated heterocycles. The van der Waals surface area contributed by atoms with Gasteiger partial charge in [-0.15, -0.1) is 0 Å². The van der Waals surface area contributed by atoms with E-state index in [0.717, 1.165) is 24.5 Å². The van der Waals surface area contributed by atoms with Crippen molar-refractivity contribution in [3.63, 3.8) is 0 Å². The van der Waals surface area contributed by atoms with E-state index in [1.54, 1.807) is 0 Å². The highest BCUT2D eigenvalue weighted by Gasteiger charge is 2.14. The van der Waals surface area contributed by atoms with Gasteiger partial charge in [0.15, 0.2) is 0 Å². The topological polar surface area (TPSA) is 12.5 Å². The summed E-state index contributed by atoms with van der Waals surface area (Å²) in [5.74, 6) is 0.939. The molecule has 0 spiro atoms. The van der Waals surface area contributed by atoms with Crippen LogP contribution in [0.1, 0.15) is 52.4 Å². The number of hydrogen-bond donors (Lipinski definition) is 0. The van der Waals surface area contributed by atoms with Gasteiger partial charge in [-0.1, -0.05) is 28.8 Å². The van der Waals surface area contributed by atoms with Gasteiger partial charge in [-0.25, -0.2) is 0 Å². The zero-order chi connectivity index (χ0) is 13.2. The summed E-state index contributed by atoms with van der Waals surface area (Å²) < 4.78 is 5.41. The standard InChI is InChI=1S/C15H30BrNO/c1-14(2)17(11-5-9-16)10-4-3-6-15-7-12-18-13-8-15/h14-15H,3-13H2,1-2H3. The van der Waals surface area contributed by atoms with Crippen molar-refractivity contribution in [1.82, 2.24) is 4.90 Å². The van der Waals surface area contributed by atoms with Crippen molar-refractivity contribution in [3.8, 4) is 0 Å². The smallest absolute Gasteiger partial charge is 0.0468 e. The van der Waals surface area contributed by atoms with Crippen LogP contribution in [0.15, 0.2) is 0 Å². The molecular weight excluding hydrogens is 290 g/mol. The first-order valence-electron chi connectivity index (χ1n) is 7.61. The number of hydrogen-bond acceptors (Lipinski definition) is 2. The molecule has 1 aliphatic heterocycles. The minimum Gasteiger partial charge on any atom is -0.381 e. The molecule has 0 bridgehead atoms. The summed E-state index contributed by atoms with van der Waals surface area (Å²) in [5, 5.41) is 1.12. The van der Waals surface area contributed by atoms with Gasteiger partial charge in [0, 0.05) is 24.6 Å². The fourth-order valence-corrected chi connectivity index (χ4v) is 2.92. The van der Waals surface area contributed by atoms with E-state index >= 15 is 0 Å². The van der Waals surface area contributed by atoms with Crippen molar-refractivity contribution in [2.24, 2.45) is 5.92 Å². The minimum absolute atomic E-state index is 0.687. The Balaban J connectivity index is 2.06. The number of nitrogens with zero attached hydrogens (tertiary/aromatic N) is 1. The van der Waals surface area contributed by atoms with Crippen LogP contribution in [0.25, 0.3) is 0 Å². The highest BCUT2D eigenvalue weighted by Crippen LogP contribution is 2.21. The van der Waals surface area contributed by atoms with Crippen LogP contribution in [0.4, 0.5) is 0 Å². The first kappa shape index (κ1) is 16.5. The number of ether oxygens (including phenoxy) is 1. The van der Waals surface area contributed by atoms with Gasteiger partial charge in [0.2, 0.25) is 0 Å². The Morgan fingerprint density at radius 1 is 1.11 bits per heavy atom. The fraction of sp³-hybridized carbons (Fsp3) is 1.00. The lowest BCUT2D eigenvalue weighted by molar-refractivity contribution is 0.0627. The molecule has 0 radical (unpaired) electrons. The van der Waals surface area contributed by atoms with E-state index in [9.17, 15) is 0 Å². The van der Waals surface area contributed by atoms with Crippen molar-refractivity contribution < 1.29 is 4.74 Å². The van der Waals surface area contributed by atoms with Crippen molar-refractivity contribution in [2.75, 3.05) is 31.6 Å². The van der Waals surface area contributed by atoms with E-state index in [-0.39, 0.29) is 0 Å². The summed E-state index contributed by atoms with van der Waals surface area (Å²) >= 11 is 3.52. The number of rotatable bonds is 9. The van der Waals surface area contributed by atoms with Gasteiger partial charge >= 0.3 is 0 Å². The average molecular weight is 320 g/mol. The normalized spacial score (nSPS) is 17.8. The SMILES string of the molecule is CC(C)N(CCCBr)CCCCC1CCOCC1. The van der Waals surface area contributed by atoms with Gasteiger partial charge in [-0.05, 0) is 58.5 Å². The predicted molar refractivity (Wildman–Crippen MR) is 82.5 cm³/mol. The molecule has 2 nitrogen and oxygen atoms in total. The zero-order valence-electron chi connectivity index (χ0n) is 12.2. The first-order chi connectivity index (χ1) is 8.74. The molecule has 0 aliphatic carbocycles. The van der Waals surface area contributed by atoms with Crippen molar-refractivity contribution in [3.05, 3.63) is 0 Å². The maximum Gasteiger partial charge on any atom is 0.0468 e. The van der Waals surface area contributed by atoms with Crippen LogP contribution in [0, 0.1) is 5.92 Å². The lowest BCUT2D eigenvalue weighted by Gasteiger charge is -2.27. The molecule has 18 heavy (non-hydrogen) atoms. The highest BCUT2D eigenvalue weighted by atomic mass is 79.9. The van der Waals surface area contributed by atoms with E-state index < -0.39 is 0 Å². The molecule has 0 unspecified atom stereocenters. The summed E-state index contributed by atoms with van der Waals surface area (Å²) in [7, 11) is 0. The molecule has 0 atom stereocenters. The highest BCUT2D eigenvalue weighted by molar-refractivity contribution is 9.09. The molecule has 0 N–H and O–H groups in total. The largest absolute Gasteiger partial charge is 0.381 e. The van der Waals surface area contributed by atoms with Gasteiger partial charge in [0.25, 0.3) is 0 Å². The fourth-order valence-electron chi connectivity index (χ4n) is 2.67. The van der Waals surface area contributed by atoms with E-state index in [1.807, 2.05) is 0 Å². The van der Waals surface area contributed by atoms with E-state index in [0.29, 0.717) is 6.04 Å². The molecule has 1 fully saturated rings. The molecule has 0 amide bonds. The van der Waals surface area contributed by atoms with Crippen molar-refractivity contribution in [1.29, 1.82) is 0 Å². The molecule has 0 aromatic heterocycles. The molecule has 1 aliphatic rings. The molecule has 108 valence electrons. The quantitative estimate of drug-likeness (QED) is 0.469. The van der Waals surface area contributed by atoms with Crippen LogP contribution in [-0.4, -0.2) is 42.6 Å². The minimum atomic E-state index is 0.687. The Labute approximate surface area is 122 Å². The Morgan fingerprint density at radius 2 is 1.78 bits per heavy atom. The van der Waals surface area contributed by atoms with E-state index in [2.05, 4.69) is 34.7 Å². The van der Waals surface area contributed by atoms with E-state index in [4.69, 9.17) is 4.74 Å². The molecule has 0 saturated carbocycles. The molecule has 3 heteroatoms. The van der Waals surface area contributed by atoms with Crippen LogP contribution in [0.2, 0.25) is 0 Å². The Morgan fingerprint density at radius 3 is 2.39 bits per heavy atom. The Kier molecular flexibility index (Phi) is 9.34. The third-order valence-electron chi connectivity index (χ3n) is 3.96. The third kappa shape index (κ3) is 7.10. The maximum absolute atomic E-state index is 5.41. The van der Waals surface area contributed by atoms with Crippen LogP contribution in [0.5, 0.6) is 0 Å². The lowest BCUT2D eigenvalue weighted by atomic mass is 9.94. The summed E-state index contributed by atoms with van der Waals surface area (Å²) in [6.45, 7) is 9.12. The molecule has 1 rings (SSSR count). The molecule has 0 aromatic rings. The average Bonchev–Trinajstić information content (AvgIpc) is 2.38. The van der Waals surface area contributed by atoms with Gasteiger partial charge in [0.05, 0.1) is 0 Å². The van der Waals surface area contributed by atoms with E-state index in [1.165, 1.54) is 51.6 Å². The van der Waals surface area contributed by atoms with Crippen LogP contribution in [0.3, 0.4) is 0 Å². The monoisotopic (exact) mass is 319 g/mol. The number of halogens is 1. The first-order valence-corrected chi connectivity index (χ1v) is 8.74. The van der Waals surface area contributed by atoms with Crippen molar-refractivity contribution in [2.45, 2.75) is 58.4 Å². The van der Waals surface area contributed by atoms with Gasteiger partial charge in [-0.2, -0.15) is 0 Å². The number of unbranched alkanes of at least 4 members (excludes halogenated alkanes) is 1. The summed E-state index contributed by atoms with van der Waals surface area (Å²) in [6, 6.07) is 0.687. The van der Waals surface area contributed by atoms with Gasteiger partial charge < -0.3 is 9.64 Å². The Hall–Kier alpha value is 0.400.